The molecule has 0 spiro atoms. The van der Waals surface area contributed by atoms with Gasteiger partial charge in [-0.15, -0.1) is 0 Å². The number of ether oxygens (including phenoxy) is 1. The summed E-state index contributed by atoms with van der Waals surface area (Å²) in [5, 5.41) is 0. The lowest BCUT2D eigenvalue weighted by atomic mass is 9.99. The number of nitrogens with zero attached hydrogens (tertiary/aromatic N) is 5. The van der Waals surface area contributed by atoms with Gasteiger partial charge in [-0.05, 0) is 26.3 Å². The molecule has 4 aliphatic heterocycles. The van der Waals surface area contributed by atoms with Gasteiger partial charge < -0.3 is 14.5 Å². The van der Waals surface area contributed by atoms with Gasteiger partial charge in [0.2, 0.25) is 11.9 Å². The molecule has 0 radical (unpaired) electrons. The van der Waals surface area contributed by atoms with Crippen LogP contribution in [0.1, 0.15) is 36.6 Å². The number of carbonyl (C=O) groups is 1. The third kappa shape index (κ3) is 3.69. The van der Waals surface area contributed by atoms with Crippen LogP contribution in [0.5, 0.6) is 0 Å². The molecule has 30 heavy (non-hydrogen) atoms. The van der Waals surface area contributed by atoms with Gasteiger partial charge in [0.15, 0.2) is 9.84 Å². The molecule has 164 valence electrons. The fraction of sp³-hybridized carbons (Fsp3) is 0.750. The predicted octanol–water partition coefficient (Wildman–Crippen LogP) is 0.0203. The molecule has 0 aliphatic carbocycles. The summed E-state index contributed by atoms with van der Waals surface area (Å²) in [5.74, 6) is 1.22. The summed E-state index contributed by atoms with van der Waals surface area (Å²) in [7, 11) is -1.10. The van der Waals surface area contributed by atoms with Crippen molar-refractivity contribution in [3.63, 3.8) is 0 Å². The number of sulfone groups is 1. The average Bonchev–Trinajstić information content (AvgIpc) is 3.26. The number of anilines is 1. The van der Waals surface area contributed by atoms with Crippen molar-refractivity contribution >= 4 is 21.7 Å². The quantitative estimate of drug-likeness (QED) is 0.653. The SMILES string of the molecule is CN(CC(=O)N1[C@@H]2CC[C@@H]1c1cnc(N3CCOCC3)nc1C2)[C@@H]1CCS(=O)(=O)C1. The van der Waals surface area contributed by atoms with Crippen LogP contribution in [0, 0.1) is 0 Å². The summed E-state index contributed by atoms with van der Waals surface area (Å²) >= 11 is 0. The minimum Gasteiger partial charge on any atom is -0.378 e. The van der Waals surface area contributed by atoms with Crippen molar-refractivity contribution in [3.05, 3.63) is 17.5 Å². The molecule has 1 amide bonds. The molecule has 1 aromatic rings. The standard InChI is InChI=1S/C20H29N5O4S/c1-23(15-4-9-30(27,28)13-15)12-19(26)25-14-2-3-18(25)16-11-21-20(22-17(16)10-14)24-5-7-29-8-6-24/h11,14-15,18H,2-10,12-13H2,1H3/t14-,15-,18-/m1/s1. The van der Waals surface area contributed by atoms with Crippen LogP contribution < -0.4 is 4.90 Å². The number of aromatic nitrogens is 2. The highest BCUT2D eigenvalue weighted by Crippen LogP contribution is 2.43. The Morgan fingerprint density at radius 1 is 1.27 bits per heavy atom. The van der Waals surface area contributed by atoms with E-state index in [9.17, 15) is 13.2 Å². The molecule has 0 saturated carbocycles. The largest absolute Gasteiger partial charge is 0.378 e. The molecule has 2 bridgehead atoms. The maximum Gasteiger partial charge on any atom is 0.237 e. The second kappa shape index (κ2) is 7.72. The van der Waals surface area contributed by atoms with Crippen LogP contribution in [0.15, 0.2) is 6.20 Å². The zero-order valence-electron chi connectivity index (χ0n) is 17.4. The number of amides is 1. The van der Waals surface area contributed by atoms with Crippen LogP contribution in [0.25, 0.3) is 0 Å². The third-order valence-electron chi connectivity index (χ3n) is 6.98. The molecule has 9 nitrogen and oxygen atoms in total. The molecular formula is C20H29N5O4S. The number of rotatable bonds is 4. The van der Waals surface area contributed by atoms with E-state index in [4.69, 9.17) is 9.72 Å². The van der Waals surface area contributed by atoms with Gasteiger partial charge in [0.1, 0.15) is 0 Å². The highest BCUT2D eigenvalue weighted by Gasteiger charge is 2.44. The van der Waals surface area contributed by atoms with Gasteiger partial charge in [0.05, 0.1) is 43.0 Å². The Morgan fingerprint density at radius 3 is 2.80 bits per heavy atom. The van der Waals surface area contributed by atoms with E-state index in [1.54, 1.807) is 0 Å². The van der Waals surface area contributed by atoms with Gasteiger partial charge in [-0.3, -0.25) is 9.69 Å². The van der Waals surface area contributed by atoms with E-state index in [0.717, 1.165) is 49.6 Å². The van der Waals surface area contributed by atoms with E-state index in [-0.39, 0.29) is 42.1 Å². The fourth-order valence-electron chi connectivity index (χ4n) is 5.31. The van der Waals surface area contributed by atoms with E-state index in [1.165, 1.54) is 0 Å². The van der Waals surface area contributed by atoms with Crippen LogP contribution in [-0.2, 0) is 25.8 Å². The minimum atomic E-state index is -2.96. The summed E-state index contributed by atoms with van der Waals surface area (Å²) in [6, 6.07) is 0.141. The van der Waals surface area contributed by atoms with Gasteiger partial charge >= 0.3 is 0 Å². The Bertz CT molecular complexity index is 933. The van der Waals surface area contributed by atoms with Crippen LogP contribution >= 0.6 is 0 Å². The number of morpholine rings is 1. The minimum absolute atomic E-state index is 0.0331. The lowest BCUT2D eigenvalue weighted by Gasteiger charge is -2.37. The first kappa shape index (κ1) is 20.1. The fourth-order valence-corrected chi connectivity index (χ4v) is 7.12. The van der Waals surface area contributed by atoms with Crippen LogP contribution in [0.2, 0.25) is 0 Å². The lowest BCUT2D eigenvalue weighted by Crippen LogP contribution is -2.48. The molecule has 10 heteroatoms. The van der Waals surface area contributed by atoms with Crippen LogP contribution in [-0.4, -0.2) is 97.6 Å². The Morgan fingerprint density at radius 2 is 2.07 bits per heavy atom. The molecule has 4 aliphatic rings. The number of hydrogen-bond acceptors (Lipinski definition) is 8. The maximum atomic E-state index is 13.2. The van der Waals surface area contributed by atoms with Crippen molar-refractivity contribution in [2.24, 2.45) is 0 Å². The van der Waals surface area contributed by atoms with Crippen molar-refractivity contribution in [2.75, 3.05) is 56.3 Å². The molecule has 0 N–H and O–H groups in total. The number of fused-ring (bicyclic) bond motifs is 4. The Balaban J connectivity index is 1.30. The predicted molar refractivity (Wildman–Crippen MR) is 111 cm³/mol. The highest BCUT2D eigenvalue weighted by atomic mass is 32.2. The maximum absolute atomic E-state index is 13.2. The molecule has 0 unspecified atom stereocenters. The summed E-state index contributed by atoms with van der Waals surface area (Å²) in [4.78, 5) is 28.7. The Kier molecular flexibility index (Phi) is 5.19. The molecule has 3 saturated heterocycles. The Labute approximate surface area is 177 Å². The van der Waals surface area contributed by atoms with E-state index in [2.05, 4.69) is 9.88 Å². The first-order valence-corrected chi connectivity index (χ1v) is 12.6. The molecule has 5 heterocycles. The number of carbonyl (C=O) groups excluding carboxylic acids is 1. The molecule has 1 aromatic heterocycles. The van der Waals surface area contributed by atoms with Crippen molar-refractivity contribution in [1.82, 2.24) is 19.8 Å². The second-order valence-corrected chi connectivity index (χ2v) is 11.1. The summed E-state index contributed by atoms with van der Waals surface area (Å²) in [6.45, 7) is 3.27. The lowest BCUT2D eigenvalue weighted by molar-refractivity contribution is -0.136. The number of hydrogen-bond donors (Lipinski definition) is 0. The van der Waals surface area contributed by atoms with E-state index >= 15 is 0 Å². The van der Waals surface area contributed by atoms with Gasteiger partial charge in [0.25, 0.3) is 0 Å². The van der Waals surface area contributed by atoms with Gasteiger partial charge in [-0.25, -0.2) is 18.4 Å². The molecule has 0 aromatic carbocycles. The topological polar surface area (TPSA) is 95.9 Å². The average molecular weight is 436 g/mol. The van der Waals surface area contributed by atoms with Gasteiger partial charge in [-0.1, -0.05) is 0 Å². The highest BCUT2D eigenvalue weighted by molar-refractivity contribution is 7.91. The molecule has 5 rings (SSSR count). The smallest absolute Gasteiger partial charge is 0.237 e. The monoisotopic (exact) mass is 435 g/mol. The third-order valence-corrected chi connectivity index (χ3v) is 8.73. The normalized spacial score (nSPS) is 30.0. The van der Waals surface area contributed by atoms with E-state index in [1.807, 2.05) is 23.0 Å². The van der Waals surface area contributed by atoms with E-state index in [0.29, 0.717) is 19.6 Å². The first-order chi connectivity index (χ1) is 14.4. The van der Waals surface area contributed by atoms with Gasteiger partial charge in [-0.2, -0.15) is 0 Å². The second-order valence-electron chi connectivity index (χ2n) is 8.90. The molecule has 3 atom stereocenters. The summed E-state index contributed by atoms with van der Waals surface area (Å²) in [6.07, 6.45) is 5.19. The van der Waals surface area contributed by atoms with Crippen molar-refractivity contribution < 1.29 is 17.9 Å². The first-order valence-electron chi connectivity index (χ1n) is 10.8. The number of likely N-dealkylation sites (N-methyl/N-ethyl adjacent to an activating group) is 1. The van der Waals surface area contributed by atoms with Crippen molar-refractivity contribution in [2.45, 2.75) is 43.8 Å². The zero-order valence-corrected chi connectivity index (χ0v) is 18.2. The molecule has 3 fully saturated rings. The Hall–Kier alpha value is -1.78. The zero-order chi connectivity index (χ0) is 20.9. The van der Waals surface area contributed by atoms with E-state index < -0.39 is 9.84 Å². The van der Waals surface area contributed by atoms with Crippen molar-refractivity contribution in [3.8, 4) is 0 Å². The summed E-state index contributed by atoms with van der Waals surface area (Å²) < 4.78 is 29.0. The van der Waals surface area contributed by atoms with Gasteiger partial charge in [0, 0.05) is 43.4 Å². The molecular weight excluding hydrogens is 406 g/mol. The van der Waals surface area contributed by atoms with Crippen LogP contribution in [0.4, 0.5) is 5.95 Å². The van der Waals surface area contributed by atoms with Crippen LogP contribution in [0.3, 0.4) is 0 Å². The van der Waals surface area contributed by atoms with Crippen molar-refractivity contribution in [1.29, 1.82) is 0 Å². The summed E-state index contributed by atoms with van der Waals surface area (Å²) in [5.41, 5.74) is 2.14.